The first-order chi connectivity index (χ1) is 11.6. The average molecular weight is 329 g/mol. The van der Waals surface area contributed by atoms with E-state index in [1.165, 1.54) is 0 Å². The van der Waals surface area contributed by atoms with Gasteiger partial charge < -0.3 is 19.7 Å². The van der Waals surface area contributed by atoms with Crippen LogP contribution in [-0.2, 0) is 11.2 Å². The number of nitrogens with zero attached hydrogens (tertiary/aromatic N) is 2. The Balaban J connectivity index is 1.86. The molecule has 0 unspecified atom stereocenters. The zero-order valence-electron chi connectivity index (χ0n) is 14.3. The van der Waals surface area contributed by atoms with Crippen LogP contribution in [0.4, 0.5) is 5.69 Å². The number of amides is 1. The van der Waals surface area contributed by atoms with Crippen LogP contribution in [0.1, 0.15) is 5.56 Å². The molecule has 0 fully saturated rings. The number of hydrogen-bond donors (Lipinski definition) is 1. The standard InChI is InChI=1S/C18H23N3O3/c1-21(11-8-14-6-9-19-10-7-14)18(22)13-20-16-5-4-15(23-2)12-17(16)24-3/h4-7,9-10,12,20H,8,11,13H2,1-3H3. The highest BCUT2D eigenvalue weighted by Gasteiger charge is 2.11. The summed E-state index contributed by atoms with van der Waals surface area (Å²) < 4.78 is 10.5. The molecule has 0 atom stereocenters. The molecule has 0 saturated heterocycles. The van der Waals surface area contributed by atoms with E-state index in [-0.39, 0.29) is 12.5 Å². The lowest BCUT2D eigenvalue weighted by molar-refractivity contribution is -0.127. The van der Waals surface area contributed by atoms with E-state index in [2.05, 4.69) is 10.3 Å². The predicted octanol–water partition coefficient (Wildman–Crippen LogP) is 2.21. The van der Waals surface area contributed by atoms with Crippen molar-refractivity contribution in [3.05, 3.63) is 48.3 Å². The van der Waals surface area contributed by atoms with Crippen molar-refractivity contribution in [1.29, 1.82) is 0 Å². The molecule has 1 N–H and O–H groups in total. The normalized spacial score (nSPS) is 10.1. The van der Waals surface area contributed by atoms with Crippen LogP contribution in [0.3, 0.4) is 0 Å². The van der Waals surface area contributed by atoms with Crippen LogP contribution < -0.4 is 14.8 Å². The predicted molar refractivity (Wildman–Crippen MR) is 93.6 cm³/mol. The molecule has 2 aromatic rings. The first-order valence-electron chi connectivity index (χ1n) is 7.73. The monoisotopic (exact) mass is 329 g/mol. The van der Waals surface area contributed by atoms with E-state index in [1.807, 2.05) is 24.3 Å². The van der Waals surface area contributed by atoms with Gasteiger partial charge >= 0.3 is 0 Å². The molecule has 24 heavy (non-hydrogen) atoms. The number of ether oxygens (including phenoxy) is 2. The molecular weight excluding hydrogens is 306 g/mol. The molecule has 1 aromatic heterocycles. The summed E-state index contributed by atoms with van der Waals surface area (Å²) in [6.45, 7) is 0.861. The van der Waals surface area contributed by atoms with Crippen molar-refractivity contribution in [2.45, 2.75) is 6.42 Å². The van der Waals surface area contributed by atoms with Crippen molar-refractivity contribution in [2.75, 3.05) is 39.7 Å². The number of carbonyl (C=O) groups is 1. The second-order valence-corrected chi connectivity index (χ2v) is 5.34. The highest BCUT2D eigenvalue weighted by atomic mass is 16.5. The van der Waals surface area contributed by atoms with E-state index in [0.717, 1.165) is 17.7 Å². The lowest BCUT2D eigenvalue weighted by atomic mass is 10.2. The maximum Gasteiger partial charge on any atom is 0.241 e. The topological polar surface area (TPSA) is 63.7 Å². The lowest BCUT2D eigenvalue weighted by Gasteiger charge is -2.18. The van der Waals surface area contributed by atoms with Crippen LogP contribution in [0.25, 0.3) is 0 Å². The summed E-state index contributed by atoms with van der Waals surface area (Å²) in [5.41, 5.74) is 1.92. The second kappa shape index (κ2) is 8.76. The molecule has 1 amide bonds. The van der Waals surface area contributed by atoms with Gasteiger partial charge in [-0.1, -0.05) is 0 Å². The van der Waals surface area contributed by atoms with E-state index >= 15 is 0 Å². The summed E-state index contributed by atoms with van der Waals surface area (Å²) in [5, 5.41) is 3.11. The molecule has 1 aromatic carbocycles. The first kappa shape index (κ1) is 17.6. The molecule has 0 radical (unpaired) electrons. The van der Waals surface area contributed by atoms with Crippen LogP contribution in [-0.4, -0.2) is 50.1 Å². The summed E-state index contributed by atoms with van der Waals surface area (Å²) >= 11 is 0. The van der Waals surface area contributed by atoms with Crippen molar-refractivity contribution in [3.63, 3.8) is 0 Å². The fourth-order valence-electron chi connectivity index (χ4n) is 2.22. The zero-order chi connectivity index (χ0) is 17.4. The number of nitrogens with one attached hydrogen (secondary N) is 1. The third-order valence-corrected chi connectivity index (χ3v) is 3.75. The summed E-state index contributed by atoms with van der Waals surface area (Å²) in [4.78, 5) is 17.9. The van der Waals surface area contributed by atoms with Crippen LogP contribution in [0.15, 0.2) is 42.7 Å². The Kier molecular flexibility index (Phi) is 6.42. The number of anilines is 1. The number of likely N-dealkylation sites (N-methyl/N-ethyl adjacent to an activating group) is 1. The average Bonchev–Trinajstić information content (AvgIpc) is 2.64. The quantitative estimate of drug-likeness (QED) is 0.804. The summed E-state index contributed by atoms with van der Waals surface area (Å²) in [6.07, 6.45) is 4.32. The number of hydrogen-bond acceptors (Lipinski definition) is 5. The van der Waals surface area contributed by atoms with Gasteiger partial charge in [0.2, 0.25) is 5.91 Å². The zero-order valence-corrected chi connectivity index (χ0v) is 14.3. The molecule has 0 spiro atoms. The minimum absolute atomic E-state index is 0.0157. The Morgan fingerprint density at radius 2 is 1.92 bits per heavy atom. The van der Waals surface area contributed by atoms with E-state index in [4.69, 9.17) is 9.47 Å². The van der Waals surface area contributed by atoms with Gasteiger partial charge in [0.15, 0.2) is 0 Å². The number of benzene rings is 1. The van der Waals surface area contributed by atoms with Crippen LogP contribution >= 0.6 is 0 Å². The highest BCUT2D eigenvalue weighted by molar-refractivity contribution is 5.81. The maximum absolute atomic E-state index is 12.2. The van der Waals surface area contributed by atoms with Crippen LogP contribution in [0.5, 0.6) is 11.5 Å². The van der Waals surface area contributed by atoms with E-state index < -0.39 is 0 Å². The molecule has 6 heteroatoms. The van der Waals surface area contributed by atoms with Gasteiger partial charge in [-0.2, -0.15) is 0 Å². The molecule has 1 heterocycles. The number of aromatic nitrogens is 1. The second-order valence-electron chi connectivity index (χ2n) is 5.34. The fraction of sp³-hybridized carbons (Fsp3) is 0.333. The fourth-order valence-corrected chi connectivity index (χ4v) is 2.22. The van der Waals surface area contributed by atoms with Gasteiger partial charge in [0, 0.05) is 32.1 Å². The van der Waals surface area contributed by atoms with Gasteiger partial charge in [-0.25, -0.2) is 0 Å². The van der Waals surface area contributed by atoms with E-state index in [1.54, 1.807) is 44.6 Å². The van der Waals surface area contributed by atoms with Crippen LogP contribution in [0.2, 0.25) is 0 Å². The molecule has 0 saturated carbocycles. The van der Waals surface area contributed by atoms with Gasteiger partial charge in [0.25, 0.3) is 0 Å². The maximum atomic E-state index is 12.2. The largest absolute Gasteiger partial charge is 0.497 e. The third kappa shape index (κ3) is 4.87. The van der Waals surface area contributed by atoms with Crippen molar-refractivity contribution >= 4 is 11.6 Å². The van der Waals surface area contributed by atoms with Crippen molar-refractivity contribution < 1.29 is 14.3 Å². The Bertz CT molecular complexity index is 662. The number of methoxy groups -OCH3 is 2. The Hall–Kier alpha value is -2.76. The van der Waals surface area contributed by atoms with Crippen LogP contribution in [0, 0.1) is 0 Å². The summed E-state index contributed by atoms with van der Waals surface area (Å²) in [7, 11) is 4.99. The van der Waals surface area contributed by atoms with E-state index in [9.17, 15) is 4.79 Å². The minimum Gasteiger partial charge on any atom is -0.497 e. The van der Waals surface area contributed by atoms with Crippen molar-refractivity contribution in [1.82, 2.24) is 9.88 Å². The molecule has 128 valence electrons. The SMILES string of the molecule is COc1ccc(NCC(=O)N(C)CCc2ccncc2)c(OC)c1. The highest BCUT2D eigenvalue weighted by Crippen LogP contribution is 2.28. The molecular formula is C18H23N3O3. The molecule has 2 rings (SSSR count). The molecule has 6 nitrogen and oxygen atoms in total. The third-order valence-electron chi connectivity index (χ3n) is 3.75. The summed E-state index contributed by atoms with van der Waals surface area (Å²) in [6, 6.07) is 9.35. The molecule has 0 aliphatic rings. The molecule has 0 bridgehead atoms. The summed E-state index contributed by atoms with van der Waals surface area (Å²) in [5.74, 6) is 1.36. The van der Waals surface area contributed by atoms with Gasteiger partial charge in [-0.3, -0.25) is 9.78 Å². The van der Waals surface area contributed by atoms with Crippen molar-refractivity contribution in [3.8, 4) is 11.5 Å². The smallest absolute Gasteiger partial charge is 0.241 e. The first-order valence-corrected chi connectivity index (χ1v) is 7.73. The van der Waals surface area contributed by atoms with Gasteiger partial charge in [-0.15, -0.1) is 0 Å². The number of rotatable bonds is 8. The van der Waals surface area contributed by atoms with Gasteiger partial charge in [0.05, 0.1) is 26.5 Å². The molecule has 0 aliphatic carbocycles. The van der Waals surface area contributed by atoms with Gasteiger partial charge in [0.1, 0.15) is 11.5 Å². The Labute approximate surface area is 142 Å². The Morgan fingerprint density at radius 1 is 1.17 bits per heavy atom. The minimum atomic E-state index is 0.0157. The van der Waals surface area contributed by atoms with Gasteiger partial charge in [-0.05, 0) is 36.2 Å². The Morgan fingerprint density at radius 3 is 2.58 bits per heavy atom. The van der Waals surface area contributed by atoms with Crippen molar-refractivity contribution in [2.24, 2.45) is 0 Å². The van der Waals surface area contributed by atoms with E-state index in [0.29, 0.717) is 18.0 Å². The molecule has 0 aliphatic heterocycles. The number of carbonyl (C=O) groups excluding carboxylic acids is 1. The number of pyridine rings is 1. The lowest BCUT2D eigenvalue weighted by Crippen LogP contribution is -2.33.